The molecule has 0 aromatic carbocycles. The fraction of sp³-hybridized carbons (Fsp3) is 0.667. The predicted octanol–water partition coefficient (Wildman–Crippen LogP) is -0.264. The van der Waals surface area contributed by atoms with Crippen molar-refractivity contribution in [2.75, 3.05) is 0 Å². The van der Waals surface area contributed by atoms with E-state index in [1.807, 2.05) is 0 Å². The van der Waals surface area contributed by atoms with Crippen molar-refractivity contribution in [1.29, 1.82) is 0 Å². The lowest BCUT2D eigenvalue weighted by atomic mass is 10.1. The largest absolute Gasteiger partial charge is 0.368 e. The molecule has 0 bridgehead atoms. The minimum Gasteiger partial charge on any atom is -0.368 e. The third-order valence-corrected chi connectivity index (χ3v) is 1.83. The molecule has 3 N–H and O–H groups in total. The van der Waals surface area contributed by atoms with E-state index in [1.54, 1.807) is 6.92 Å². The summed E-state index contributed by atoms with van der Waals surface area (Å²) in [5.41, 5.74) is 5.05. The van der Waals surface area contributed by atoms with Gasteiger partial charge in [0.1, 0.15) is 11.8 Å². The molecule has 0 radical (unpaired) electrons. The lowest BCUT2D eigenvalue weighted by Gasteiger charge is -2.12. The van der Waals surface area contributed by atoms with E-state index < -0.39 is 11.9 Å². The van der Waals surface area contributed by atoms with Gasteiger partial charge in [-0.05, 0) is 6.42 Å². The molecule has 0 aromatic rings. The Morgan fingerprint density at radius 2 is 1.93 bits per heavy atom. The first kappa shape index (κ1) is 12.6. The number of hydrogen-bond acceptors (Lipinski definition) is 3. The van der Waals surface area contributed by atoms with Crippen LogP contribution >= 0.6 is 0 Å². The molecule has 0 heterocycles. The van der Waals surface area contributed by atoms with Gasteiger partial charge in [0.05, 0.1) is 0 Å². The van der Waals surface area contributed by atoms with Crippen LogP contribution in [-0.4, -0.2) is 23.6 Å². The van der Waals surface area contributed by atoms with Gasteiger partial charge in [-0.3, -0.25) is 14.4 Å². The molecule has 80 valence electrons. The number of ketones is 1. The zero-order valence-electron chi connectivity index (χ0n) is 8.50. The molecule has 0 aliphatic rings. The van der Waals surface area contributed by atoms with Gasteiger partial charge in [0, 0.05) is 19.8 Å². The minimum atomic E-state index is -0.733. The third kappa shape index (κ3) is 5.29. The van der Waals surface area contributed by atoms with Gasteiger partial charge in [-0.25, -0.2) is 0 Å². The van der Waals surface area contributed by atoms with Crippen LogP contribution in [0.15, 0.2) is 0 Å². The summed E-state index contributed by atoms with van der Waals surface area (Å²) >= 11 is 0. The quantitative estimate of drug-likeness (QED) is 0.618. The highest BCUT2D eigenvalue weighted by atomic mass is 16.2. The second kappa shape index (κ2) is 6.12. The first-order chi connectivity index (χ1) is 6.47. The van der Waals surface area contributed by atoms with Crippen LogP contribution in [0.1, 0.15) is 33.1 Å². The highest BCUT2D eigenvalue weighted by Gasteiger charge is 2.16. The monoisotopic (exact) mass is 200 g/mol. The Kier molecular flexibility index (Phi) is 5.52. The number of carbonyl (C=O) groups is 3. The van der Waals surface area contributed by atoms with Crippen molar-refractivity contribution in [1.82, 2.24) is 5.32 Å². The molecular weight excluding hydrogens is 184 g/mol. The van der Waals surface area contributed by atoms with Crippen LogP contribution in [0.3, 0.4) is 0 Å². The summed E-state index contributed by atoms with van der Waals surface area (Å²) in [5.74, 6) is -0.872. The molecule has 0 saturated carbocycles. The molecule has 5 heteroatoms. The van der Waals surface area contributed by atoms with Gasteiger partial charge in [-0.2, -0.15) is 0 Å². The van der Waals surface area contributed by atoms with Gasteiger partial charge in [0.2, 0.25) is 11.8 Å². The van der Waals surface area contributed by atoms with Gasteiger partial charge in [0.25, 0.3) is 0 Å². The second-order valence-electron chi connectivity index (χ2n) is 3.09. The maximum absolute atomic E-state index is 11.0. The van der Waals surface area contributed by atoms with Crippen molar-refractivity contribution in [2.45, 2.75) is 39.2 Å². The van der Waals surface area contributed by atoms with E-state index in [9.17, 15) is 14.4 Å². The summed E-state index contributed by atoms with van der Waals surface area (Å²) < 4.78 is 0. The average molecular weight is 200 g/mol. The van der Waals surface area contributed by atoms with Crippen LogP contribution in [0.4, 0.5) is 0 Å². The Hall–Kier alpha value is -1.39. The van der Waals surface area contributed by atoms with E-state index in [-0.39, 0.29) is 24.5 Å². The van der Waals surface area contributed by atoms with E-state index in [1.165, 1.54) is 6.92 Å². The predicted molar refractivity (Wildman–Crippen MR) is 51.3 cm³/mol. The maximum atomic E-state index is 11.0. The fourth-order valence-corrected chi connectivity index (χ4v) is 1.01. The highest BCUT2D eigenvalue weighted by molar-refractivity contribution is 5.86. The smallest absolute Gasteiger partial charge is 0.240 e. The lowest BCUT2D eigenvalue weighted by Crippen LogP contribution is -2.43. The van der Waals surface area contributed by atoms with Crippen LogP contribution in [-0.2, 0) is 14.4 Å². The lowest BCUT2D eigenvalue weighted by molar-refractivity contribution is -0.127. The van der Waals surface area contributed by atoms with Gasteiger partial charge in [-0.1, -0.05) is 6.92 Å². The zero-order chi connectivity index (χ0) is 11.1. The Bertz CT molecular complexity index is 238. The fourth-order valence-electron chi connectivity index (χ4n) is 1.01. The van der Waals surface area contributed by atoms with Crippen molar-refractivity contribution in [3.05, 3.63) is 0 Å². The Morgan fingerprint density at radius 3 is 2.29 bits per heavy atom. The van der Waals surface area contributed by atoms with Crippen LogP contribution < -0.4 is 11.1 Å². The third-order valence-electron chi connectivity index (χ3n) is 1.83. The molecule has 5 nitrogen and oxygen atoms in total. The summed E-state index contributed by atoms with van der Waals surface area (Å²) in [4.78, 5) is 32.5. The second-order valence-corrected chi connectivity index (χ2v) is 3.09. The van der Waals surface area contributed by atoms with E-state index >= 15 is 0 Å². The summed E-state index contributed by atoms with van der Waals surface area (Å²) in [6.45, 7) is 3.05. The van der Waals surface area contributed by atoms with Gasteiger partial charge in [-0.15, -0.1) is 0 Å². The topological polar surface area (TPSA) is 89.3 Å². The molecule has 0 fully saturated rings. The van der Waals surface area contributed by atoms with Gasteiger partial charge >= 0.3 is 0 Å². The molecule has 0 aliphatic carbocycles. The van der Waals surface area contributed by atoms with Crippen molar-refractivity contribution in [2.24, 2.45) is 5.73 Å². The summed E-state index contributed by atoms with van der Waals surface area (Å²) in [6, 6.07) is -0.733. The van der Waals surface area contributed by atoms with E-state index in [0.717, 1.165) is 0 Å². The number of amides is 2. The molecule has 0 rings (SSSR count). The van der Waals surface area contributed by atoms with Crippen molar-refractivity contribution >= 4 is 17.6 Å². The van der Waals surface area contributed by atoms with E-state index in [0.29, 0.717) is 6.42 Å². The molecular formula is C9H16N2O3. The van der Waals surface area contributed by atoms with Crippen molar-refractivity contribution in [3.8, 4) is 0 Å². The SMILES string of the molecule is CCC(=O)CC[C@@H](NC(C)=O)C(N)=O. The number of Topliss-reactive ketones (excluding diaryl/α,β-unsaturated/α-hetero) is 1. The minimum absolute atomic E-state index is 0.0570. The Balaban J connectivity index is 4.04. The van der Waals surface area contributed by atoms with E-state index in [4.69, 9.17) is 5.73 Å². The summed E-state index contributed by atoms with van der Waals surface area (Å²) in [6.07, 6.45) is 0.984. The number of carbonyl (C=O) groups excluding carboxylic acids is 3. The number of primary amides is 1. The molecule has 0 unspecified atom stereocenters. The Labute approximate surface area is 83.0 Å². The molecule has 0 aliphatic heterocycles. The first-order valence-corrected chi connectivity index (χ1v) is 4.55. The summed E-state index contributed by atoms with van der Waals surface area (Å²) in [7, 11) is 0. The average Bonchev–Trinajstić information content (AvgIpc) is 2.10. The zero-order valence-corrected chi connectivity index (χ0v) is 8.50. The molecule has 1 atom stereocenters. The van der Waals surface area contributed by atoms with Gasteiger partial charge < -0.3 is 11.1 Å². The normalized spacial score (nSPS) is 11.9. The number of rotatable bonds is 6. The number of hydrogen-bond donors (Lipinski definition) is 2. The van der Waals surface area contributed by atoms with E-state index in [2.05, 4.69) is 5.32 Å². The van der Waals surface area contributed by atoms with Crippen molar-refractivity contribution in [3.63, 3.8) is 0 Å². The van der Waals surface area contributed by atoms with Crippen LogP contribution in [0, 0.1) is 0 Å². The van der Waals surface area contributed by atoms with Crippen molar-refractivity contribution < 1.29 is 14.4 Å². The number of nitrogens with two attached hydrogens (primary N) is 1. The van der Waals surface area contributed by atoms with Crippen LogP contribution in [0.2, 0.25) is 0 Å². The maximum Gasteiger partial charge on any atom is 0.240 e. The summed E-state index contributed by atoms with van der Waals surface area (Å²) in [5, 5.41) is 2.39. The standard InChI is InChI=1S/C9H16N2O3/c1-3-7(13)4-5-8(9(10)14)11-6(2)12/h8H,3-5H2,1-2H3,(H2,10,14)(H,11,12)/t8-/m1/s1. The first-order valence-electron chi connectivity index (χ1n) is 4.55. The van der Waals surface area contributed by atoms with Crippen LogP contribution in [0.25, 0.3) is 0 Å². The van der Waals surface area contributed by atoms with Crippen LogP contribution in [0.5, 0.6) is 0 Å². The molecule has 0 saturated heterocycles. The molecule has 0 spiro atoms. The van der Waals surface area contributed by atoms with Gasteiger partial charge in [0.15, 0.2) is 0 Å². The Morgan fingerprint density at radius 1 is 1.36 bits per heavy atom. The molecule has 14 heavy (non-hydrogen) atoms. The molecule has 0 aromatic heterocycles. The molecule has 2 amide bonds. The number of nitrogens with one attached hydrogen (secondary N) is 1. The highest BCUT2D eigenvalue weighted by Crippen LogP contribution is 2.00.